The van der Waals surface area contributed by atoms with E-state index in [0.717, 1.165) is 4.31 Å². The van der Waals surface area contributed by atoms with Crippen LogP contribution in [0.1, 0.15) is 0 Å². The summed E-state index contributed by atoms with van der Waals surface area (Å²) in [6.45, 7) is -0.880. The standard InChI is InChI=1S/C11H9ClN4O4S/c12-10-11(16-4-2-1-3-7(16)13-10)21(19,20)15-5-8(17)14-9(18)6-15/h1-4H,5-6H2,(H,14,17,18). The van der Waals surface area contributed by atoms with E-state index in [-0.39, 0.29) is 10.2 Å². The molecule has 1 saturated heterocycles. The number of imide groups is 1. The number of halogens is 1. The fraction of sp³-hybridized carbons (Fsp3) is 0.182. The van der Waals surface area contributed by atoms with Crippen molar-refractivity contribution in [3.63, 3.8) is 0 Å². The molecular weight excluding hydrogens is 320 g/mol. The fourth-order valence-corrected chi connectivity index (χ4v) is 4.03. The molecule has 2 amide bonds. The number of fused-ring (bicyclic) bond motifs is 1. The molecule has 2 aromatic rings. The van der Waals surface area contributed by atoms with Gasteiger partial charge in [0.2, 0.25) is 11.8 Å². The molecule has 0 unspecified atom stereocenters. The molecule has 0 aromatic carbocycles. The van der Waals surface area contributed by atoms with E-state index in [2.05, 4.69) is 4.98 Å². The Bertz CT molecular complexity index is 844. The SMILES string of the molecule is O=C1CN(S(=O)(=O)c2c(Cl)nc3ccccn23)CC(=O)N1. The first-order valence-electron chi connectivity index (χ1n) is 5.85. The summed E-state index contributed by atoms with van der Waals surface area (Å²) < 4.78 is 27.3. The Labute approximate surface area is 124 Å². The van der Waals surface area contributed by atoms with Crippen LogP contribution in [0, 0.1) is 0 Å². The summed E-state index contributed by atoms with van der Waals surface area (Å²) >= 11 is 5.92. The number of pyridine rings is 1. The largest absolute Gasteiger partial charge is 0.294 e. The fourth-order valence-electron chi connectivity index (χ4n) is 2.08. The highest BCUT2D eigenvalue weighted by Crippen LogP contribution is 2.25. The lowest BCUT2D eigenvalue weighted by molar-refractivity contribution is -0.134. The van der Waals surface area contributed by atoms with Crippen molar-refractivity contribution >= 4 is 39.1 Å². The van der Waals surface area contributed by atoms with E-state index >= 15 is 0 Å². The summed E-state index contributed by atoms with van der Waals surface area (Å²) in [6.07, 6.45) is 1.49. The van der Waals surface area contributed by atoms with Crippen molar-refractivity contribution in [2.24, 2.45) is 0 Å². The molecule has 10 heteroatoms. The summed E-state index contributed by atoms with van der Waals surface area (Å²) in [5.41, 5.74) is 0.355. The number of rotatable bonds is 2. The number of aromatic nitrogens is 2. The smallest absolute Gasteiger partial charge is 0.263 e. The van der Waals surface area contributed by atoms with Crippen LogP contribution in [0.25, 0.3) is 5.65 Å². The van der Waals surface area contributed by atoms with E-state index in [4.69, 9.17) is 11.6 Å². The molecule has 21 heavy (non-hydrogen) atoms. The van der Waals surface area contributed by atoms with E-state index in [1.165, 1.54) is 10.6 Å². The second-order valence-corrected chi connectivity index (χ2v) is 6.59. The third kappa shape index (κ3) is 2.28. The summed E-state index contributed by atoms with van der Waals surface area (Å²) in [5.74, 6) is -1.36. The minimum atomic E-state index is -4.12. The van der Waals surface area contributed by atoms with Gasteiger partial charge >= 0.3 is 0 Å². The van der Waals surface area contributed by atoms with Crippen LogP contribution in [0.3, 0.4) is 0 Å². The molecule has 0 saturated carbocycles. The number of hydrogen-bond acceptors (Lipinski definition) is 5. The summed E-state index contributed by atoms with van der Waals surface area (Å²) in [5, 5.41) is 1.57. The first-order valence-corrected chi connectivity index (χ1v) is 7.67. The molecule has 2 aromatic heterocycles. The summed E-state index contributed by atoms with van der Waals surface area (Å²) in [7, 11) is -4.12. The Kier molecular flexibility index (Phi) is 3.19. The lowest BCUT2D eigenvalue weighted by Crippen LogP contribution is -2.53. The first-order chi connectivity index (χ1) is 9.89. The Balaban J connectivity index is 2.14. The van der Waals surface area contributed by atoms with Crippen molar-refractivity contribution in [2.45, 2.75) is 5.03 Å². The van der Waals surface area contributed by atoms with Gasteiger partial charge in [-0.15, -0.1) is 0 Å². The summed E-state index contributed by atoms with van der Waals surface area (Å²) in [6, 6.07) is 4.91. The average molecular weight is 329 g/mol. The minimum Gasteiger partial charge on any atom is -0.294 e. The van der Waals surface area contributed by atoms with Crippen molar-refractivity contribution in [1.82, 2.24) is 19.0 Å². The third-order valence-corrected chi connectivity index (χ3v) is 5.14. The van der Waals surface area contributed by atoms with Crippen molar-refractivity contribution < 1.29 is 18.0 Å². The van der Waals surface area contributed by atoms with Crippen molar-refractivity contribution in [1.29, 1.82) is 0 Å². The Hall–Kier alpha value is -1.97. The van der Waals surface area contributed by atoms with Gasteiger partial charge in [0, 0.05) is 6.20 Å². The van der Waals surface area contributed by atoms with E-state index < -0.39 is 34.9 Å². The van der Waals surface area contributed by atoms with Crippen LogP contribution in [0.15, 0.2) is 29.4 Å². The molecule has 0 atom stereocenters. The minimum absolute atomic E-state index is 0.209. The number of hydrogen-bond donors (Lipinski definition) is 1. The zero-order chi connectivity index (χ0) is 15.2. The van der Waals surface area contributed by atoms with Crippen LogP contribution in [0.4, 0.5) is 0 Å². The number of nitrogens with one attached hydrogen (secondary N) is 1. The maximum absolute atomic E-state index is 12.6. The monoisotopic (exact) mass is 328 g/mol. The van der Waals surface area contributed by atoms with Crippen molar-refractivity contribution in [2.75, 3.05) is 13.1 Å². The van der Waals surface area contributed by atoms with Crippen molar-refractivity contribution in [3.8, 4) is 0 Å². The van der Waals surface area contributed by atoms with E-state index in [9.17, 15) is 18.0 Å². The normalized spacial score (nSPS) is 17.2. The molecule has 3 rings (SSSR count). The lowest BCUT2D eigenvalue weighted by Gasteiger charge is -2.24. The number of nitrogens with zero attached hydrogens (tertiary/aromatic N) is 3. The number of amides is 2. The van der Waals surface area contributed by atoms with Gasteiger partial charge in [-0.05, 0) is 12.1 Å². The molecule has 110 valence electrons. The molecule has 3 heterocycles. The number of piperazine rings is 1. The molecule has 0 bridgehead atoms. The van der Waals surface area contributed by atoms with Gasteiger partial charge in [0.15, 0.2) is 10.2 Å². The van der Waals surface area contributed by atoms with Crippen LogP contribution >= 0.6 is 11.6 Å². The maximum atomic E-state index is 12.6. The molecule has 0 aliphatic carbocycles. The van der Waals surface area contributed by atoms with Gasteiger partial charge < -0.3 is 0 Å². The molecule has 1 aliphatic rings. The second-order valence-electron chi connectivity index (χ2n) is 4.38. The molecular formula is C11H9ClN4O4S. The molecule has 1 N–H and O–H groups in total. The number of carbonyl (C=O) groups is 2. The van der Waals surface area contributed by atoms with Gasteiger partial charge in [-0.25, -0.2) is 13.4 Å². The third-order valence-electron chi connectivity index (χ3n) is 2.95. The molecule has 8 nitrogen and oxygen atoms in total. The summed E-state index contributed by atoms with van der Waals surface area (Å²) in [4.78, 5) is 26.7. The predicted octanol–water partition coefficient (Wildman–Crippen LogP) is -0.365. The van der Waals surface area contributed by atoms with Gasteiger partial charge in [-0.1, -0.05) is 17.7 Å². The van der Waals surface area contributed by atoms with Crippen LogP contribution in [-0.2, 0) is 19.6 Å². The molecule has 1 fully saturated rings. The number of imidazole rings is 1. The lowest BCUT2D eigenvalue weighted by atomic mass is 10.4. The van der Waals surface area contributed by atoms with E-state index in [0.29, 0.717) is 5.65 Å². The average Bonchev–Trinajstić information content (AvgIpc) is 2.73. The van der Waals surface area contributed by atoms with Crippen molar-refractivity contribution in [3.05, 3.63) is 29.5 Å². The van der Waals surface area contributed by atoms with Gasteiger partial charge in [0.1, 0.15) is 5.65 Å². The topological polar surface area (TPSA) is 101 Å². The maximum Gasteiger partial charge on any atom is 0.263 e. The van der Waals surface area contributed by atoms with Gasteiger partial charge in [-0.2, -0.15) is 4.31 Å². The van der Waals surface area contributed by atoms with E-state index in [1.807, 2.05) is 5.32 Å². The quantitative estimate of drug-likeness (QED) is 0.758. The molecule has 0 radical (unpaired) electrons. The highest BCUT2D eigenvalue weighted by atomic mass is 35.5. The highest BCUT2D eigenvalue weighted by molar-refractivity contribution is 7.89. The molecule has 1 aliphatic heterocycles. The van der Waals surface area contributed by atoms with Crippen LogP contribution in [0.2, 0.25) is 5.15 Å². The van der Waals surface area contributed by atoms with E-state index in [1.54, 1.807) is 18.2 Å². The van der Waals surface area contributed by atoms with Crippen LogP contribution in [-0.4, -0.2) is 47.0 Å². The highest BCUT2D eigenvalue weighted by Gasteiger charge is 2.36. The zero-order valence-electron chi connectivity index (χ0n) is 10.5. The Morgan fingerprint density at radius 3 is 2.52 bits per heavy atom. The van der Waals surface area contributed by atoms with Gasteiger partial charge in [0.25, 0.3) is 10.0 Å². The Morgan fingerprint density at radius 2 is 1.86 bits per heavy atom. The number of carbonyl (C=O) groups excluding carboxylic acids is 2. The van der Waals surface area contributed by atoms with Crippen LogP contribution in [0.5, 0.6) is 0 Å². The molecule has 0 spiro atoms. The first kappa shape index (κ1) is 14.0. The van der Waals surface area contributed by atoms with Gasteiger partial charge in [-0.3, -0.25) is 19.3 Å². The van der Waals surface area contributed by atoms with Crippen LogP contribution < -0.4 is 5.32 Å². The van der Waals surface area contributed by atoms with Gasteiger partial charge in [0.05, 0.1) is 13.1 Å². The number of sulfonamides is 1. The Morgan fingerprint density at radius 1 is 1.19 bits per heavy atom. The zero-order valence-corrected chi connectivity index (χ0v) is 12.1. The second kappa shape index (κ2) is 4.79. The predicted molar refractivity (Wildman–Crippen MR) is 72.1 cm³/mol.